The van der Waals surface area contributed by atoms with Crippen LogP contribution in [0, 0.1) is 0 Å². The molecule has 0 spiro atoms. The molecule has 5 heterocycles. The van der Waals surface area contributed by atoms with Crippen LogP contribution >= 0.6 is 0 Å². The lowest BCUT2D eigenvalue weighted by Crippen LogP contribution is -2.46. The van der Waals surface area contributed by atoms with Gasteiger partial charge in [-0.2, -0.15) is 13.2 Å². The van der Waals surface area contributed by atoms with E-state index in [0.29, 0.717) is 18.9 Å². The van der Waals surface area contributed by atoms with E-state index in [2.05, 4.69) is 25.5 Å². The maximum absolute atomic E-state index is 13.0. The number of ether oxygens (including phenoxy) is 1. The number of pyridine rings is 2. The van der Waals surface area contributed by atoms with Crippen LogP contribution in [0.1, 0.15) is 23.4 Å². The molecule has 3 aromatic rings. The van der Waals surface area contributed by atoms with Crippen LogP contribution in [-0.2, 0) is 25.7 Å². The third kappa shape index (κ3) is 3.69. The Hall–Kier alpha value is -2.88. The normalized spacial score (nSPS) is 17.4. The Morgan fingerprint density at radius 2 is 1.90 bits per heavy atom. The molecule has 0 saturated carbocycles. The topological polar surface area (TPSA) is 59.3 Å². The zero-order chi connectivity index (χ0) is 21.6. The first-order chi connectivity index (χ1) is 14.9. The number of aryl methyl sites for hydroxylation is 2. The van der Waals surface area contributed by atoms with E-state index in [0.717, 1.165) is 68.3 Å². The summed E-state index contributed by atoms with van der Waals surface area (Å²) in [7, 11) is 1.37. The summed E-state index contributed by atoms with van der Waals surface area (Å²) in [6.45, 7) is 4.50. The minimum Gasteiger partial charge on any atom is -0.493 e. The van der Waals surface area contributed by atoms with Gasteiger partial charge in [0.15, 0.2) is 17.2 Å². The van der Waals surface area contributed by atoms with Crippen molar-refractivity contribution in [2.75, 3.05) is 38.2 Å². The third-order valence-electron chi connectivity index (χ3n) is 6.05. The fourth-order valence-corrected chi connectivity index (χ4v) is 4.46. The highest BCUT2D eigenvalue weighted by atomic mass is 19.4. The van der Waals surface area contributed by atoms with E-state index in [1.807, 2.05) is 11.1 Å². The zero-order valence-corrected chi connectivity index (χ0v) is 17.2. The van der Waals surface area contributed by atoms with E-state index in [4.69, 9.17) is 9.72 Å². The molecule has 10 heteroatoms. The largest absolute Gasteiger partial charge is 0.493 e. The number of nitrogens with zero attached hydrogens (tertiary/aromatic N) is 6. The number of rotatable bonds is 4. The lowest BCUT2D eigenvalue weighted by molar-refractivity contribution is -0.137. The van der Waals surface area contributed by atoms with Crippen LogP contribution in [-0.4, -0.2) is 57.7 Å². The average molecular weight is 432 g/mol. The fraction of sp³-hybridized carbons (Fsp3) is 0.476. The lowest BCUT2D eigenvalue weighted by atomic mass is 10.1. The summed E-state index contributed by atoms with van der Waals surface area (Å²) in [6, 6.07) is 3.09. The number of aromatic nitrogens is 4. The van der Waals surface area contributed by atoms with E-state index in [-0.39, 0.29) is 5.75 Å². The Morgan fingerprint density at radius 3 is 2.65 bits per heavy atom. The quantitative estimate of drug-likeness (QED) is 0.632. The van der Waals surface area contributed by atoms with E-state index >= 15 is 0 Å². The molecule has 0 bridgehead atoms. The molecule has 1 saturated heterocycles. The van der Waals surface area contributed by atoms with Gasteiger partial charge in [0.1, 0.15) is 5.82 Å². The van der Waals surface area contributed by atoms with E-state index in [1.54, 1.807) is 0 Å². The van der Waals surface area contributed by atoms with Gasteiger partial charge in [-0.15, -0.1) is 0 Å². The summed E-state index contributed by atoms with van der Waals surface area (Å²) in [5.74, 6) is 1.62. The van der Waals surface area contributed by atoms with Crippen molar-refractivity contribution < 1.29 is 17.9 Å². The second kappa shape index (κ2) is 7.67. The minimum absolute atomic E-state index is 0.144. The van der Waals surface area contributed by atoms with Gasteiger partial charge in [-0.25, -0.2) is 15.0 Å². The molecule has 0 N–H and O–H groups in total. The standard InChI is InChI=1S/C21H23F3N6O/c1-31-16-11-15(21(22,23)24)12-26-20(16)29-9-7-28(8-10-29)13-17-27-19-18-14(4-5-25-19)3-2-6-30(17)18/h4-5,11-12H,2-3,6-10,13H2,1H3. The summed E-state index contributed by atoms with van der Waals surface area (Å²) < 4.78 is 46.4. The molecule has 0 atom stereocenters. The molecule has 5 rings (SSSR count). The van der Waals surface area contributed by atoms with Crippen LogP contribution < -0.4 is 9.64 Å². The summed E-state index contributed by atoms with van der Waals surface area (Å²) in [5, 5.41) is 0. The lowest BCUT2D eigenvalue weighted by Gasteiger charge is -2.35. The Labute approximate surface area is 177 Å². The number of methoxy groups -OCH3 is 1. The van der Waals surface area contributed by atoms with Gasteiger partial charge in [0, 0.05) is 45.1 Å². The highest BCUT2D eigenvalue weighted by molar-refractivity contribution is 5.76. The zero-order valence-electron chi connectivity index (χ0n) is 17.2. The van der Waals surface area contributed by atoms with E-state index in [9.17, 15) is 13.2 Å². The third-order valence-corrected chi connectivity index (χ3v) is 6.05. The molecule has 1 fully saturated rings. The number of alkyl halides is 3. The van der Waals surface area contributed by atoms with Crippen LogP contribution in [0.25, 0.3) is 11.2 Å². The summed E-state index contributed by atoms with van der Waals surface area (Å²) in [4.78, 5) is 17.6. The molecule has 2 aliphatic heterocycles. The van der Waals surface area contributed by atoms with Crippen LogP contribution in [0.3, 0.4) is 0 Å². The van der Waals surface area contributed by atoms with Crippen LogP contribution in [0.2, 0.25) is 0 Å². The van der Waals surface area contributed by atoms with Crippen molar-refractivity contribution in [1.82, 2.24) is 24.4 Å². The monoisotopic (exact) mass is 432 g/mol. The number of hydrogen-bond acceptors (Lipinski definition) is 6. The van der Waals surface area contributed by atoms with Gasteiger partial charge in [0.2, 0.25) is 0 Å². The highest BCUT2D eigenvalue weighted by Gasteiger charge is 2.33. The molecular formula is C21H23F3N6O. The molecular weight excluding hydrogens is 409 g/mol. The number of anilines is 1. The van der Waals surface area contributed by atoms with Crippen molar-refractivity contribution in [3.8, 4) is 5.75 Å². The van der Waals surface area contributed by atoms with Crippen molar-refractivity contribution in [3.05, 3.63) is 41.5 Å². The van der Waals surface area contributed by atoms with Crippen LogP contribution in [0.15, 0.2) is 24.5 Å². The summed E-state index contributed by atoms with van der Waals surface area (Å²) in [6.07, 6.45) is 0.413. The number of imidazole rings is 1. The molecule has 7 nitrogen and oxygen atoms in total. The molecule has 3 aromatic heterocycles. The maximum Gasteiger partial charge on any atom is 0.418 e. The van der Waals surface area contributed by atoms with E-state index in [1.165, 1.54) is 12.7 Å². The molecule has 31 heavy (non-hydrogen) atoms. The molecule has 0 amide bonds. The van der Waals surface area contributed by atoms with Crippen molar-refractivity contribution in [2.45, 2.75) is 32.1 Å². The Bertz CT molecular complexity index is 1100. The Kier molecular flexibility index (Phi) is 4.96. The van der Waals surface area contributed by atoms with Crippen molar-refractivity contribution in [2.24, 2.45) is 0 Å². The molecule has 0 radical (unpaired) electrons. The van der Waals surface area contributed by atoms with Gasteiger partial charge in [-0.05, 0) is 30.5 Å². The number of piperazine rings is 1. The van der Waals surface area contributed by atoms with Crippen molar-refractivity contribution >= 4 is 17.0 Å². The van der Waals surface area contributed by atoms with Gasteiger partial charge >= 0.3 is 6.18 Å². The van der Waals surface area contributed by atoms with Crippen molar-refractivity contribution in [3.63, 3.8) is 0 Å². The average Bonchev–Trinajstić information content (AvgIpc) is 3.12. The fourth-order valence-electron chi connectivity index (χ4n) is 4.46. The molecule has 164 valence electrons. The Morgan fingerprint density at radius 1 is 1.10 bits per heavy atom. The first kappa shape index (κ1) is 20.0. The summed E-state index contributed by atoms with van der Waals surface area (Å²) in [5.41, 5.74) is 2.46. The van der Waals surface area contributed by atoms with E-state index < -0.39 is 11.7 Å². The Balaban J connectivity index is 1.30. The highest BCUT2D eigenvalue weighted by Crippen LogP contribution is 2.35. The predicted octanol–water partition coefficient (Wildman–Crippen LogP) is 3.12. The minimum atomic E-state index is -4.44. The van der Waals surface area contributed by atoms with Gasteiger partial charge in [0.05, 0.1) is 24.7 Å². The van der Waals surface area contributed by atoms with Crippen LogP contribution in [0.5, 0.6) is 5.75 Å². The smallest absolute Gasteiger partial charge is 0.418 e. The maximum atomic E-state index is 13.0. The van der Waals surface area contributed by atoms with Gasteiger partial charge in [0.25, 0.3) is 0 Å². The van der Waals surface area contributed by atoms with Gasteiger partial charge < -0.3 is 14.2 Å². The molecule has 2 aliphatic rings. The molecule has 0 aromatic carbocycles. The first-order valence-corrected chi connectivity index (χ1v) is 10.4. The molecule has 0 aliphatic carbocycles. The molecule has 0 unspecified atom stereocenters. The van der Waals surface area contributed by atoms with Gasteiger partial charge in [-0.3, -0.25) is 4.90 Å². The van der Waals surface area contributed by atoms with Crippen LogP contribution in [0.4, 0.5) is 19.0 Å². The first-order valence-electron chi connectivity index (χ1n) is 10.4. The number of halogens is 3. The number of hydrogen-bond donors (Lipinski definition) is 0. The summed E-state index contributed by atoms with van der Waals surface area (Å²) >= 11 is 0. The second-order valence-corrected chi connectivity index (χ2v) is 7.94. The SMILES string of the molecule is COc1cc(C(F)(F)F)cnc1N1CCN(Cc2nc3nccc4c3n2CCC4)CC1. The predicted molar refractivity (Wildman–Crippen MR) is 109 cm³/mol. The second-order valence-electron chi connectivity index (χ2n) is 7.94. The van der Waals surface area contributed by atoms with Crippen molar-refractivity contribution in [1.29, 1.82) is 0 Å². The van der Waals surface area contributed by atoms with Gasteiger partial charge in [-0.1, -0.05) is 0 Å².